The Hall–Kier alpha value is -3.15. The van der Waals surface area contributed by atoms with E-state index >= 15 is 0 Å². The minimum atomic E-state index is -0.937. The molecule has 142 valence electrons. The predicted molar refractivity (Wildman–Crippen MR) is 99.6 cm³/mol. The molecule has 0 spiro atoms. The minimum absolute atomic E-state index is 0.107. The van der Waals surface area contributed by atoms with Crippen molar-refractivity contribution in [2.75, 3.05) is 14.2 Å². The lowest BCUT2D eigenvalue weighted by Gasteiger charge is -2.14. The fourth-order valence-corrected chi connectivity index (χ4v) is 2.57. The SMILES string of the molecule is COc1ccc(C(=O)[C@@H](C)OC(=O)Cc2cc(C(C)=O)ccc2OC)cc1. The summed E-state index contributed by atoms with van der Waals surface area (Å²) < 4.78 is 15.5. The first-order valence-corrected chi connectivity index (χ1v) is 8.41. The van der Waals surface area contributed by atoms with Gasteiger partial charge in [-0.15, -0.1) is 0 Å². The maximum absolute atomic E-state index is 12.4. The van der Waals surface area contributed by atoms with Crippen LogP contribution >= 0.6 is 0 Å². The van der Waals surface area contributed by atoms with Gasteiger partial charge in [-0.2, -0.15) is 0 Å². The highest BCUT2D eigenvalue weighted by Gasteiger charge is 2.21. The number of carbonyl (C=O) groups excluding carboxylic acids is 3. The molecule has 2 aromatic carbocycles. The van der Waals surface area contributed by atoms with E-state index in [2.05, 4.69) is 0 Å². The first-order chi connectivity index (χ1) is 12.8. The summed E-state index contributed by atoms with van der Waals surface area (Å²) in [6.07, 6.45) is -1.04. The van der Waals surface area contributed by atoms with Gasteiger partial charge in [0.2, 0.25) is 5.78 Å². The van der Waals surface area contributed by atoms with Crippen molar-refractivity contribution in [1.29, 1.82) is 0 Å². The average molecular weight is 370 g/mol. The predicted octanol–water partition coefficient (Wildman–Crippen LogP) is 3.26. The number of esters is 1. The maximum atomic E-state index is 12.4. The molecular weight excluding hydrogens is 348 g/mol. The van der Waals surface area contributed by atoms with Gasteiger partial charge in [0.25, 0.3) is 0 Å². The monoisotopic (exact) mass is 370 g/mol. The summed E-state index contributed by atoms with van der Waals surface area (Å²) in [6.45, 7) is 2.97. The molecule has 0 radical (unpaired) electrons. The Morgan fingerprint density at radius 1 is 0.926 bits per heavy atom. The lowest BCUT2D eigenvalue weighted by Crippen LogP contribution is -2.25. The lowest BCUT2D eigenvalue weighted by atomic mass is 10.0. The number of hydrogen-bond donors (Lipinski definition) is 0. The van der Waals surface area contributed by atoms with Crippen molar-refractivity contribution in [2.24, 2.45) is 0 Å². The Morgan fingerprint density at radius 2 is 1.56 bits per heavy atom. The Bertz CT molecular complexity index is 838. The lowest BCUT2D eigenvalue weighted by molar-refractivity contribution is -0.145. The second-order valence-electron chi connectivity index (χ2n) is 5.98. The molecule has 0 saturated carbocycles. The van der Waals surface area contributed by atoms with Crippen LogP contribution in [0.5, 0.6) is 11.5 Å². The van der Waals surface area contributed by atoms with E-state index in [1.165, 1.54) is 28.1 Å². The van der Waals surface area contributed by atoms with Gasteiger partial charge >= 0.3 is 5.97 Å². The molecule has 0 unspecified atom stereocenters. The molecule has 0 amide bonds. The molecule has 0 aliphatic carbocycles. The van der Waals surface area contributed by atoms with E-state index in [1.807, 2.05) is 0 Å². The number of Topliss-reactive ketones (excluding diaryl/α,β-unsaturated/α-hetero) is 2. The summed E-state index contributed by atoms with van der Waals surface area (Å²) >= 11 is 0. The molecular formula is C21H22O6. The molecule has 0 N–H and O–H groups in total. The highest BCUT2D eigenvalue weighted by Crippen LogP contribution is 2.22. The van der Waals surface area contributed by atoms with E-state index in [-0.39, 0.29) is 18.0 Å². The van der Waals surface area contributed by atoms with E-state index in [1.54, 1.807) is 42.5 Å². The van der Waals surface area contributed by atoms with Crippen molar-refractivity contribution >= 4 is 17.5 Å². The second-order valence-corrected chi connectivity index (χ2v) is 5.98. The number of ether oxygens (including phenoxy) is 3. The first kappa shape index (κ1) is 20.2. The maximum Gasteiger partial charge on any atom is 0.311 e. The first-order valence-electron chi connectivity index (χ1n) is 8.41. The van der Waals surface area contributed by atoms with E-state index < -0.39 is 12.1 Å². The Morgan fingerprint density at radius 3 is 2.11 bits per heavy atom. The van der Waals surface area contributed by atoms with Crippen molar-refractivity contribution in [3.05, 3.63) is 59.2 Å². The third kappa shape index (κ3) is 5.17. The fourth-order valence-electron chi connectivity index (χ4n) is 2.57. The van der Waals surface area contributed by atoms with Gasteiger partial charge in [-0.1, -0.05) is 0 Å². The van der Waals surface area contributed by atoms with E-state index in [0.29, 0.717) is 28.2 Å². The zero-order chi connectivity index (χ0) is 20.0. The van der Waals surface area contributed by atoms with Crippen LogP contribution in [0.2, 0.25) is 0 Å². The molecule has 0 aromatic heterocycles. The van der Waals surface area contributed by atoms with Gasteiger partial charge in [-0.25, -0.2) is 0 Å². The van der Waals surface area contributed by atoms with Crippen LogP contribution in [0.15, 0.2) is 42.5 Å². The van der Waals surface area contributed by atoms with Crippen LogP contribution < -0.4 is 9.47 Å². The molecule has 0 aliphatic rings. The molecule has 0 bridgehead atoms. The van der Waals surface area contributed by atoms with Crippen LogP contribution in [0.25, 0.3) is 0 Å². The van der Waals surface area contributed by atoms with Crippen LogP contribution in [0.3, 0.4) is 0 Å². The van der Waals surface area contributed by atoms with Crippen molar-refractivity contribution in [3.8, 4) is 11.5 Å². The van der Waals surface area contributed by atoms with Crippen LogP contribution in [0.1, 0.15) is 40.1 Å². The molecule has 27 heavy (non-hydrogen) atoms. The molecule has 2 aromatic rings. The number of methoxy groups -OCH3 is 2. The van der Waals surface area contributed by atoms with Gasteiger partial charge in [0.05, 0.1) is 20.6 Å². The Balaban J connectivity index is 2.07. The van der Waals surface area contributed by atoms with Crippen molar-refractivity contribution < 1.29 is 28.6 Å². The largest absolute Gasteiger partial charge is 0.497 e. The Labute approximate surface area is 158 Å². The van der Waals surface area contributed by atoms with Crippen LogP contribution in [0, 0.1) is 0 Å². The van der Waals surface area contributed by atoms with Gasteiger partial charge < -0.3 is 14.2 Å². The average Bonchev–Trinajstić information content (AvgIpc) is 2.67. The standard InChI is InChI=1S/C21H22O6/c1-13(22)16-7-10-19(26-4)17(11-16)12-20(23)27-14(2)21(24)15-5-8-18(25-3)9-6-15/h5-11,14H,12H2,1-4H3/t14-/m1/s1. The van der Waals surface area contributed by atoms with Crippen molar-refractivity contribution in [2.45, 2.75) is 26.4 Å². The van der Waals surface area contributed by atoms with Gasteiger partial charge in [0, 0.05) is 16.7 Å². The highest BCUT2D eigenvalue weighted by molar-refractivity contribution is 6.00. The second kappa shape index (κ2) is 8.98. The number of hydrogen-bond acceptors (Lipinski definition) is 6. The summed E-state index contributed by atoms with van der Waals surface area (Å²) in [6, 6.07) is 11.4. The minimum Gasteiger partial charge on any atom is -0.497 e. The third-order valence-corrected chi connectivity index (χ3v) is 4.07. The molecule has 0 fully saturated rings. The number of benzene rings is 2. The van der Waals surface area contributed by atoms with Gasteiger partial charge in [0.15, 0.2) is 11.9 Å². The summed E-state index contributed by atoms with van der Waals surface area (Å²) in [7, 11) is 3.02. The van der Waals surface area contributed by atoms with Gasteiger partial charge in [0.1, 0.15) is 11.5 Å². The molecule has 6 heteroatoms. The summed E-state index contributed by atoms with van der Waals surface area (Å²) in [5, 5.41) is 0. The zero-order valence-electron chi connectivity index (χ0n) is 15.8. The topological polar surface area (TPSA) is 78.9 Å². The fraction of sp³-hybridized carbons (Fsp3) is 0.286. The number of rotatable bonds is 8. The third-order valence-electron chi connectivity index (χ3n) is 4.07. The van der Waals surface area contributed by atoms with Crippen LogP contribution in [0.4, 0.5) is 0 Å². The highest BCUT2D eigenvalue weighted by atomic mass is 16.5. The molecule has 0 heterocycles. The van der Waals surface area contributed by atoms with Crippen LogP contribution in [-0.4, -0.2) is 37.9 Å². The smallest absolute Gasteiger partial charge is 0.311 e. The zero-order valence-corrected chi connectivity index (χ0v) is 15.8. The summed E-state index contributed by atoms with van der Waals surface area (Å²) in [4.78, 5) is 36.2. The molecule has 0 aliphatic heterocycles. The van der Waals surface area contributed by atoms with Crippen molar-refractivity contribution in [3.63, 3.8) is 0 Å². The van der Waals surface area contributed by atoms with Crippen molar-refractivity contribution in [1.82, 2.24) is 0 Å². The molecule has 6 nitrogen and oxygen atoms in total. The normalized spacial score (nSPS) is 11.4. The molecule has 1 atom stereocenters. The number of ketones is 2. The molecule has 0 saturated heterocycles. The Kier molecular flexibility index (Phi) is 6.71. The van der Waals surface area contributed by atoms with E-state index in [4.69, 9.17) is 14.2 Å². The van der Waals surface area contributed by atoms with Gasteiger partial charge in [-0.3, -0.25) is 14.4 Å². The number of carbonyl (C=O) groups is 3. The van der Waals surface area contributed by atoms with Crippen LogP contribution in [-0.2, 0) is 16.0 Å². The summed E-state index contributed by atoms with van der Waals surface area (Å²) in [5.41, 5.74) is 1.42. The quantitative estimate of drug-likeness (QED) is 0.524. The van der Waals surface area contributed by atoms with E-state index in [0.717, 1.165) is 0 Å². The van der Waals surface area contributed by atoms with Gasteiger partial charge in [-0.05, 0) is 56.3 Å². The molecule has 2 rings (SSSR count). The summed E-state index contributed by atoms with van der Waals surface area (Å²) in [5.74, 6) is 0.105. The van der Waals surface area contributed by atoms with E-state index in [9.17, 15) is 14.4 Å².